The van der Waals surface area contributed by atoms with E-state index in [1.54, 1.807) is 53.8 Å². The average molecular weight is 1230 g/mol. The predicted octanol–water partition coefficient (Wildman–Crippen LogP) is -2.47. The number of carboxylic acid groups (broad SMARTS) is 1. The van der Waals surface area contributed by atoms with Gasteiger partial charge in [-0.25, -0.2) is 9.78 Å². The van der Waals surface area contributed by atoms with E-state index in [0.29, 0.717) is 24.1 Å². The number of aromatic nitrogens is 3. The van der Waals surface area contributed by atoms with Crippen molar-refractivity contribution in [3.05, 3.63) is 54.2 Å². The van der Waals surface area contributed by atoms with Crippen molar-refractivity contribution < 1.29 is 48.3 Å². The van der Waals surface area contributed by atoms with Crippen LogP contribution in [0.5, 0.6) is 0 Å². The number of carbonyl (C=O) groups excluding carboxylic acids is 8. The van der Waals surface area contributed by atoms with Crippen LogP contribution in [0.1, 0.15) is 118 Å². The molecular weight excluding hydrogens is 1140 g/mol. The Morgan fingerprint density at radius 2 is 0.977 bits per heavy atom. The fourth-order valence-corrected chi connectivity index (χ4v) is 9.31. The Balaban J connectivity index is 2.03. The van der Waals surface area contributed by atoms with E-state index in [4.69, 9.17) is 40.1 Å². The predicted molar refractivity (Wildman–Crippen MR) is 334 cm³/mol. The summed E-state index contributed by atoms with van der Waals surface area (Å²) < 4.78 is 0. The third-order valence-corrected chi connectivity index (χ3v) is 14.4. The molecule has 0 aliphatic rings. The quantitative estimate of drug-likeness (QED) is 0.0160. The summed E-state index contributed by atoms with van der Waals surface area (Å²) in [5, 5.41) is 32.4. The van der Waals surface area contributed by atoms with E-state index >= 15 is 4.79 Å². The summed E-state index contributed by atoms with van der Waals surface area (Å²) in [6, 6.07) is -4.35. The van der Waals surface area contributed by atoms with Crippen molar-refractivity contribution in [1.29, 1.82) is 0 Å². The molecule has 0 aliphatic carbocycles. The molecule has 0 bridgehead atoms. The molecule has 10 atom stereocenters. The highest BCUT2D eigenvalue weighted by molar-refractivity contribution is 5.99. The molecule has 1 aromatic carbocycles. The molecule has 25 N–H and O–H groups in total. The van der Waals surface area contributed by atoms with Crippen molar-refractivity contribution in [2.24, 2.45) is 78.8 Å². The summed E-state index contributed by atoms with van der Waals surface area (Å²) in [7, 11) is 0. The fraction of sp³-hybridized carbons (Fsp3) is 0.596. The van der Waals surface area contributed by atoms with Crippen molar-refractivity contribution in [2.75, 3.05) is 19.6 Å². The number of para-hydroxylation sites is 1. The van der Waals surface area contributed by atoms with Crippen LogP contribution >= 0.6 is 0 Å². The second-order valence-corrected chi connectivity index (χ2v) is 22.9. The lowest BCUT2D eigenvalue weighted by Gasteiger charge is -2.30. The number of imidazole rings is 1. The number of H-pyrrole nitrogens is 2. The number of aliphatic imine (C=N–C) groups is 3. The fourth-order valence-electron chi connectivity index (χ4n) is 9.31. The first-order chi connectivity index (χ1) is 41.5. The molecule has 2 heterocycles. The summed E-state index contributed by atoms with van der Waals surface area (Å²) in [6.07, 6.45) is 5.49. The van der Waals surface area contributed by atoms with Gasteiger partial charge in [-0.15, -0.1) is 0 Å². The third kappa shape index (κ3) is 25.1. The second-order valence-electron chi connectivity index (χ2n) is 22.9. The molecule has 0 radical (unpaired) electrons. The normalized spacial score (nSPS) is 14.7. The minimum atomic E-state index is -1.44. The van der Waals surface area contributed by atoms with E-state index in [1.165, 1.54) is 12.5 Å². The number of aromatic amines is 2. The van der Waals surface area contributed by atoms with Gasteiger partial charge in [0.05, 0.1) is 12.4 Å². The highest BCUT2D eigenvalue weighted by atomic mass is 16.4. The topological polar surface area (TPSA) is 534 Å². The number of hydrogen-bond acceptors (Lipinski definition) is 14. The number of nitrogens with one attached hydrogen (secondary N) is 10. The van der Waals surface area contributed by atoms with Gasteiger partial charge in [0.15, 0.2) is 17.9 Å². The van der Waals surface area contributed by atoms with Crippen molar-refractivity contribution in [2.45, 2.75) is 174 Å². The van der Waals surface area contributed by atoms with Gasteiger partial charge in [0.2, 0.25) is 47.3 Å². The molecule has 0 fully saturated rings. The zero-order valence-electron chi connectivity index (χ0n) is 51.7. The van der Waals surface area contributed by atoms with Gasteiger partial charge in [0, 0.05) is 61.5 Å². The lowest BCUT2D eigenvalue weighted by Crippen LogP contribution is -2.62. The zero-order chi connectivity index (χ0) is 65.8. The van der Waals surface area contributed by atoms with Crippen LogP contribution in [0.15, 0.2) is 58.0 Å². The Labute approximate surface area is 512 Å². The number of amides is 8. The third-order valence-electron chi connectivity index (χ3n) is 14.4. The van der Waals surface area contributed by atoms with Crippen LogP contribution in [0.4, 0.5) is 0 Å². The van der Waals surface area contributed by atoms with E-state index < -0.39 is 125 Å². The van der Waals surface area contributed by atoms with E-state index in [0.717, 1.165) is 10.9 Å². The van der Waals surface area contributed by atoms with E-state index in [2.05, 4.69) is 72.5 Å². The van der Waals surface area contributed by atoms with Crippen LogP contribution in [0.25, 0.3) is 10.9 Å². The second kappa shape index (κ2) is 36.8. The van der Waals surface area contributed by atoms with Gasteiger partial charge in [0.1, 0.15) is 48.3 Å². The molecule has 488 valence electrons. The minimum absolute atomic E-state index is 0.0352. The maximum Gasteiger partial charge on any atom is 0.326 e. The van der Waals surface area contributed by atoms with E-state index in [-0.39, 0.29) is 94.8 Å². The SMILES string of the molecule is CC[C@H](C)[C@H](NC(=O)[C@H](Cc1c[nH]c2ccccc12)NC(=O)[C@H](Cc1cnc[nH]1)NC(=O)[C@@H](NC(=O)[C@H](CC(C)C)NC(=O)[C@@H](N)CCCN=C(N)N)C(C)C)C(=O)N[C@@H](CCCN=C(N)N)C(=O)N[C@@H](CCCN=C(N)N)C(=O)N[C@H](C(=O)O)C(C)C. The highest BCUT2D eigenvalue weighted by Gasteiger charge is 2.37. The van der Waals surface area contributed by atoms with Gasteiger partial charge in [-0.1, -0.05) is 80.0 Å². The number of aliphatic carboxylic acids is 1. The molecule has 0 saturated heterocycles. The van der Waals surface area contributed by atoms with Crippen LogP contribution in [0, 0.1) is 23.7 Å². The molecular formula is C57H95N21O10. The molecule has 3 aromatic rings. The number of benzene rings is 1. The maximum absolute atomic E-state index is 15.0. The molecule has 31 heteroatoms. The van der Waals surface area contributed by atoms with Crippen molar-refractivity contribution in [3.63, 3.8) is 0 Å². The number of guanidine groups is 3. The Kier molecular flexibility index (Phi) is 30.7. The lowest BCUT2D eigenvalue weighted by molar-refractivity contribution is -0.143. The van der Waals surface area contributed by atoms with Crippen LogP contribution in [0.2, 0.25) is 0 Å². The van der Waals surface area contributed by atoms with E-state index in [1.807, 2.05) is 32.0 Å². The van der Waals surface area contributed by atoms with Crippen LogP contribution < -0.4 is 82.7 Å². The Morgan fingerprint density at radius 3 is 1.50 bits per heavy atom. The molecule has 0 unspecified atom stereocenters. The van der Waals surface area contributed by atoms with Crippen LogP contribution in [-0.4, -0.2) is 165 Å². The molecule has 3 rings (SSSR count). The average Bonchev–Trinajstić information content (AvgIpc) is 2.93. The van der Waals surface area contributed by atoms with Crippen molar-refractivity contribution >= 4 is 82.0 Å². The van der Waals surface area contributed by atoms with Crippen LogP contribution in [0.3, 0.4) is 0 Å². The summed E-state index contributed by atoms with van der Waals surface area (Å²) in [5.41, 5.74) is 40.9. The maximum atomic E-state index is 15.0. The standard InChI is InChI=1S/C57H95N21O10/c1-9-32(8)45(53(86)72-38(18-13-21-67-56(61)62)47(80)71-39(19-14-22-68-57(63)64)48(81)77-44(31(6)7)54(87)88)78-51(84)41(24-33-26-69-37-17-11-10-15-35(33)37)74-49(82)42(25-34-27-65-28-70-34)75-52(85)43(30(4)5)76-50(83)40(23-29(2)3)73-46(79)36(58)16-12-20-66-55(59)60/h10-11,15,17,26-32,36,38-45,69H,9,12-14,16,18-25,58H2,1-8H3,(H,65,70)(H,71,80)(H,72,86)(H,73,79)(H,74,82)(H,75,85)(H,76,83)(H,77,81)(H,78,84)(H,87,88)(H4,59,60,66)(H4,61,62,67)(H4,63,64,68)/t32-,36-,38-,39-,40-,41-,42-,43-,44-,45-/m0/s1. The summed E-state index contributed by atoms with van der Waals surface area (Å²) in [4.78, 5) is 149. The molecule has 0 aliphatic heterocycles. The molecule has 31 nitrogen and oxygen atoms in total. The summed E-state index contributed by atoms with van der Waals surface area (Å²) in [6.45, 7) is 14.1. The van der Waals surface area contributed by atoms with Gasteiger partial charge >= 0.3 is 5.97 Å². The first kappa shape index (κ1) is 73.2. The molecule has 0 saturated carbocycles. The van der Waals surface area contributed by atoms with Crippen molar-refractivity contribution in [3.8, 4) is 0 Å². The lowest BCUT2D eigenvalue weighted by atomic mass is 9.96. The number of rotatable bonds is 39. The molecule has 0 spiro atoms. The number of fused-ring (bicyclic) bond motifs is 1. The largest absolute Gasteiger partial charge is 0.480 e. The molecule has 8 amide bonds. The Hall–Kier alpha value is -9.03. The summed E-state index contributed by atoms with van der Waals surface area (Å²) in [5.74, 6) is -9.81. The van der Waals surface area contributed by atoms with E-state index in [9.17, 15) is 43.5 Å². The first-order valence-electron chi connectivity index (χ1n) is 29.6. The number of nitrogens with two attached hydrogens (primary N) is 7. The number of hydrogen-bond donors (Lipinski definition) is 18. The first-order valence-corrected chi connectivity index (χ1v) is 29.6. The Morgan fingerprint density at radius 1 is 0.534 bits per heavy atom. The number of carboxylic acids is 1. The van der Waals surface area contributed by atoms with Gasteiger partial charge < -0.3 is 97.7 Å². The number of nitrogens with zero attached hydrogens (tertiary/aromatic N) is 4. The Bertz CT molecular complexity index is 2860. The molecule has 88 heavy (non-hydrogen) atoms. The van der Waals surface area contributed by atoms with Gasteiger partial charge in [-0.05, 0) is 80.2 Å². The minimum Gasteiger partial charge on any atom is -0.480 e. The van der Waals surface area contributed by atoms with Gasteiger partial charge in [-0.2, -0.15) is 0 Å². The van der Waals surface area contributed by atoms with Crippen molar-refractivity contribution in [1.82, 2.24) is 57.5 Å². The van der Waals surface area contributed by atoms with Gasteiger partial charge in [-0.3, -0.25) is 53.3 Å². The van der Waals surface area contributed by atoms with Gasteiger partial charge in [0.25, 0.3) is 0 Å². The van der Waals surface area contributed by atoms with Crippen LogP contribution in [-0.2, 0) is 56.0 Å². The molecule has 2 aromatic heterocycles. The monoisotopic (exact) mass is 1230 g/mol. The summed E-state index contributed by atoms with van der Waals surface area (Å²) >= 11 is 0. The zero-order valence-corrected chi connectivity index (χ0v) is 51.7. The smallest absolute Gasteiger partial charge is 0.326 e. The highest BCUT2D eigenvalue weighted by Crippen LogP contribution is 2.21. The number of carbonyl (C=O) groups is 9.